The molecule has 6 nitrogen and oxygen atoms in total. The van der Waals surface area contributed by atoms with Gasteiger partial charge in [0.25, 0.3) is 5.91 Å². The van der Waals surface area contributed by atoms with Crippen LogP contribution in [0.3, 0.4) is 0 Å². The molecule has 0 radical (unpaired) electrons. The Morgan fingerprint density at radius 2 is 1.46 bits per heavy atom. The zero-order valence-electron chi connectivity index (χ0n) is 14.9. The maximum atomic E-state index is 11.8. The third kappa shape index (κ3) is 4.28. The van der Waals surface area contributed by atoms with Gasteiger partial charge in [-0.1, -0.05) is 54.6 Å². The van der Waals surface area contributed by atoms with E-state index in [9.17, 15) is 13.2 Å². The quantitative estimate of drug-likeness (QED) is 0.454. The Hall–Kier alpha value is -3.42. The van der Waals surface area contributed by atoms with E-state index in [1.165, 1.54) is 12.1 Å². The van der Waals surface area contributed by atoms with E-state index in [4.69, 9.17) is 16.6 Å². The molecule has 6 N–H and O–H groups in total. The van der Waals surface area contributed by atoms with Crippen LogP contribution in [-0.4, -0.2) is 14.3 Å². The number of sulfonamides is 1. The minimum Gasteiger partial charge on any atom is -0.398 e. The fraction of sp³-hybridized carbons (Fsp3) is 0. The Labute approximate surface area is 163 Å². The number of nitrogen functional groups attached to an aromatic ring is 1. The van der Waals surface area contributed by atoms with Crippen LogP contribution in [0.5, 0.6) is 0 Å². The minimum atomic E-state index is -3.80. The van der Waals surface area contributed by atoms with E-state index < -0.39 is 15.9 Å². The number of nitrogens with two attached hydrogens (primary N) is 3. The molecule has 0 aliphatic heterocycles. The predicted octanol–water partition coefficient (Wildman–Crippen LogP) is 2.85. The molecule has 0 atom stereocenters. The molecule has 0 aliphatic carbocycles. The largest absolute Gasteiger partial charge is 0.398 e. The summed E-state index contributed by atoms with van der Waals surface area (Å²) >= 11 is 0. The first-order chi connectivity index (χ1) is 13.3. The number of benzene rings is 3. The standard InChI is InChI=1S/C21H19N3O3S/c22-20-18(16-8-10-17(11-9-16)28(24,26)27)12-15(13-19(20)21(23)25)7-6-14-4-2-1-3-5-14/h1-13H,22H2,(H2,23,25)(H2,24,26,27)/b7-6+. The van der Waals surface area contributed by atoms with Crippen molar-refractivity contribution in [1.82, 2.24) is 0 Å². The molecule has 0 aromatic heterocycles. The number of anilines is 1. The van der Waals surface area contributed by atoms with E-state index in [1.54, 1.807) is 18.2 Å². The highest BCUT2D eigenvalue weighted by Gasteiger charge is 2.14. The summed E-state index contributed by atoms with van der Waals surface area (Å²) < 4.78 is 22.9. The summed E-state index contributed by atoms with van der Waals surface area (Å²) in [4.78, 5) is 11.8. The van der Waals surface area contributed by atoms with Crippen molar-refractivity contribution >= 4 is 33.8 Å². The highest BCUT2D eigenvalue weighted by molar-refractivity contribution is 7.89. The van der Waals surface area contributed by atoms with Crippen molar-refractivity contribution in [1.29, 1.82) is 0 Å². The molecule has 28 heavy (non-hydrogen) atoms. The number of carbonyl (C=O) groups excluding carboxylic acids is 1. The van der Waals surface area contributed by atoms with Crippen LogP contribution in [0.25, 0.3) is 23.3 Å². The summed E-state index contributed by atoms with van der Waals surface area (Å²) in [5.74, 6) is -0.644. The molecule has 142 valence electrons. The van der Waals surface area contributed by atoms with E-state index >= 15 is 0 Å². The lowest BCUT2D eigenvalue weighted by molar-refractivity contribution is 0.100. The molecule has 0 bridgehead atoms. The zero-order valence-corrected chi connectivity index (χ0v) is 15.7. The lowest BCUT2D eigenvalue weighted by Crippen LogP contribution is -2.14. The molecular weight excluding hydrogens is 374 g/mol. The Morgan fingerprint density at radius 1 is 0.857 bits per heavy atom. The lowest BCUT2D eigenvalue weighted by Gasteiger charge is -2.12. The maximum absolute atomic E-state index is 11.8. The van der Waals surface area contributed by atoms with Gasteiger partial charge in [0.2, 0.25) is 10.0 Å². The molecule has 3 aromatic rings. The maximum Gasteiger partial charge on any atom is 0.250 e. The van der Waals surface area contributed by atoms with Gasteiger partial charge in [0.1, 0.15) is 0 Å². The van der Waals surface area contributed by atoms with Gasteiger partial charge in [-0.05, 0) is 41.0 Å². The van der Waals surface area contributed by atoms with E-state index in [-0.39, 0.29) is 16.1 Å². The highest BCUT2D eigenvalue weighted by atomic mass is 32.2. The van der Waals surface area contributed by atoms with Gasteiger partial charge in [-0.3, -0.25) is 4.79 Å². The van der Waals surface area contributed by atoms with Gasteiger partial charge in [0.15, 0.2) is 0 Å². The van der Waals surface area contributed by atoms with Crippen molar-refractivity contribution in [2.75, 3.05) is 5.73 Å². The Kier molecular flexibility index (Phi) is 5.30. The van der Waals surface area contributed by atoms with Gasteiger partial charge in [-0.15, -0.1) is 0 Å². The number of amides is 1. The van der Waals surface area contributed by atoms with Crippen LogP contribution in [0.15, 0.2) is 71.6 Å². The normalized spacial score (nSPS) is 11.6. The molecule has 0 aliphatic rings. The van der Waals surface area contributed by atoms with Crippen molar-refractivity contribution < 1.29 is 13.2 Å². The summed E-state index contributed by atoms with van der Waals surface area (Å²) in [6, 6.07) is 19.1. The van der Waals surface area contributed by atoms with Crippen molar-refractivity contribution in [2.45, 2.75) is 4.90 Å². The smallest absolute Gasteiger partial charge is 0.250 e. The third-order valence-electron chi connectivity index (χ3n) is 4.23. The molecule has 0 fully saturated rings. The molecule has 0 unspecified atom stereocenters. The predicted molar refractivity (Wildman–Crippen MR) is 112 cm³/mol. The first kappa shape index (κ1) is 19.3. The van der Waals surface area contributed by atoms with E-state index in [0.29, 0.717) is 11.1 Å². The summed E-state index contributed by atoms with van der Waals surface area (Å²) in [6.45, 7) is 0. The number of primary amides is 1. The summed E-state index contributed by atoms with van der Waals surface area (Å²) in [5, 5.41) is 5.14. The molecule has 0 saturated heterocycles. The second-order valence-electron chi connectivity index (χ2n) is 6.21. The summed E-state index contributed by atoms with van der Waals surface area (Å²) in [6.07, 6.45) is 3.76. The topological polar surface area (TPSA) is 129 Å². The van der Waals surface area contributed by atoms with Gasteiger partial charge in [0.05, 0.1) is 16.1 Å². The van der Waals surface area contributed by atoms with Crippen LogP contribution in [0, 0.1) is 0 Å². The highest BCUT2D eigenvalue weighted by Crippen LogP contribution is 2.31. The second kappa shape index (κ2) is 7.67. The number of carbonyl (C=O) groups is 1. The molecule has 0 spiro atoms. The second-order valence-corrected chi connectivity index (χ2v) is 7.77. The van der Waals surface area contributed by atoms with Crippen molar-refractivity contribution in [3.63, 3.8) is 0 Å². The van der Waals surface area contributed by atoms with E-state index in [0.717, 1.165) is 11.1 Å². The Bertz CT molecular complexity index is 1150. The first-order valence-corrected chi connectivity index (χ1v) is 9.90. The number of hydrogen-bond donors (Lipinski definition) is 3. The number of hydrogen-bond acceptors (Lipinski definition) is 4. The summed E-state index contributed by atoms with van der Waals surface area (Å²) in [5.41, 5.74) is 15.0. The van der Waals surface area contributed by atoms with Crippen LogP contribution >= 0.6 is 0 Å². The molecule has 3 rings (SSSR count). The van der Waals surface area contributed by atoms with Crippen LogP contribution < -0.4 is 16.6 Å². The van der Waals surface area contributed by atoms with Crippen LogP contribution in [0.1, 0.15) is 21.5 Å². The van der Waals surface area contributed by atoms with Gasteiger partial charge >= 0.3 is 0 Å². The van der Waals surface area contributed by atoms with Crippen molar-refractivity contribution in [3.8, 4) is 11.1 Å². The Morgan fingerprint density at radius 3 is 2.04 bits per heavy atom. The monoisotopic (exact) mass is 393 g/mol. The van der Waals surface area contributed by atoms with Crippen molar-refractivity contribution in [2.24, 2.45) is 10.9 Å². The van der Waals surface area contributed by atoms with Crippen LogP contribution in [0.4, 0.5) is 5.69 Å². The van der Waals surface area contributed by atoms with Gasteiger partial charge in [0, 0.05) is 5.56 Å². The molecule has 0 saturated carbocycles. The molecular formula is C21H19N3O3S. The van der Waals surface area contributed by atoms with Gasteiger partial charge in [-0.2, -0.15) is 0 Å². The molecule has 0 heterocycles. The molecule has 1 amide bonds. The fourth-order valence-corrected chi connectivity index (χ4v) is 3.31. The Balaban J connectivity index is 2.08. The SMILES string of the molecule is NC(=O)c1cc(/C=C/c2ccccc2)cc(-c2ccc(S(N)(=O)=O)cc2)c1N. The minimum absolute atomic E-state index is 0.00919. The van der Waals surface area contributed by atoms with Crippen LogP contribution in [-0.2, 0) is 10.0 Å². The zero-order chi connectivity index (χ0) is 20.3. The average Bonchev–Trinajstić information content (AvgIpc) is 2.67. The summed E-state index contributed by atoms with van der Waals surface area (Å²) in [7, 11) is -3.80. The van der Waals surface area contributed by atoms with Crippen molar-refractivity contribution in [3.05, 3.63) is 83.4 Å². The average molecular weight is 393 g/mol. The molecule has 7 heteroatoms. The van der Waals surface area contributed by atoms with Crippen LogP contribution in [0.2, 0.25) is 0 Å². The van der Waals surface area contributed by atoms with E-state index in [2.05, 4.69) is 0 Å². The lowest BCUT2D eigenvalue weighted by atomic mass is 9.96. The van der Waals surface area contributed by atoms with Gasteiger partial charge < -0.3 is 11.5 Å². The fourth-order valence-electron chi connectivity index (χ4n) is 2.80. The number of rotatable bonds is 5. The number of primary sulfonamides is 1. The molecule has 3 aromatic carbocycles. The van der Waals surface area contributed by atoms with E-state index in [1.807, 2.05) is 48.6 Å². The third-order valence-corrected chi connectivity index (χ3v) is 5.16. The van der Waals surface area contributed by atoms with Gasteiger partial charge in [-0.25, -0.2) is 13.6 Å². The first-order valence-electron chi connectivity index (χ1n) is 8.35.